The lowest BCUT2D eigenvalue weighted by atomic mass is 9.72. The normalized spacial score (nSPS) is 24.7. The van der Waals surface area contributed by atoms with Crippen molar-refractivity contribution in [1.82, 2.24) is 0 Å². The number of benzene rings is 1. The lowest BCUT2D eigenvalue weighted by molar-refractivity contribution is 0.168. The van der Waals surface area contributed by atoms with Crippen molar-refractivity contribution >= 4 is 0 Å². The standard InChI is InChI=1S/C21H30O4/c1-12(2)16-11-18(23)13(3)8-17(16)21-19(24)9-15(10-20(21)25)7-5-6-14(4)22/h8-10,14,16-18,22-25H,1,5-7,11H2,2-4H3/t14?,16-,17-,18?/m0/s1. The van der Waals surface area contributed by atoms with Gasteiger partial charge in [0.1, 0.15) is 11.5 Å². The van der Waals surface area contributed by atoms with Gasteiger partial charge in [-0.3, -0.25) is 0 Å². The fraction of sp³-hybridized carbons (Fsp3) is 0.524. The van der Waals surface area contributed by atoms with E-state index in [1.54, 1.807) is 19.1 Å². The Morgan fingerprint density at radius 3 is 2.40 bits per heavy atom. The maximum atomic E-state index is 10.6. The van der Waals surface area contributed by atoms with Crippen LogP contribution in [0.1, 0.15) is 57.1 Å². The van der Waals surface area contributed by atoms with Crippen LogP contribution in [0.5, 0.6) is 11.5 Å². The van der Waals surface area contributed by atoms with E-state index in [0.717, 1.165) is 23.1 Å². The summed E-state index contributed by atoms with van der Waals surface area (Å²) in [4.78, 5) is 0. The zero-order valence-electron chi connectivity index (χ0n) is 15.4. The molecule has 2 unspecified atom stereocenters. The van der Waals surface area contributed by atoms with E-state index >= 15 is 0 Å². The zero-order valence-corrected chi connectivity index (χ0v) is 15.4. The minimum absolute atomic E-state index is 0.0309. The molecule has 2 rings (SSSR count). The monoisotopic (exact) mass is 346 g/mol. The highest BCUT2D eigenvalue weighted by Crippen LogP contribution is 2.46. The summed E-state index contributed by atoms with van der Waals surface area (Å²) in [5.41, 5.74) is 3.12. The number of allylic oxidation sites excluding steroid dienone is 2. The van der Waals surface area contributed by atoms with Gasteiger partial charge in [0.15, 0.2) is 0 Å². The van der Waals surface area contributed by atoms with Crippen LogP contribution in [-0.2, 0) is 6.42 Å². The first-order valence-corrected chi connectivity index (χ1v) is 8.95. The van der Waals surface area contributed by atoms with Crippen LogP contribution in [0.25, 0.3) is 0 Å². The molecule has 1 aliphatic rings. The van der Waals surface area contributed by atoms with Gasteiger partial charge in [0.2, 0.25) is 0 Å². The quantitative estimate of drug-likeness (QED) is 0.591. The molecule has 4 N–H and O–H groups in total. The van der Waals surface area contributed by atoms with Crippen LogP contribution in [0.4, 0.5) is 0 Å². The highest BCUT2D eigenvalue weighted by Gasteiger charge is 2.33. The molecule has 138 valence electrons. The number of aliphatic hydroxyl groups excluding tert-OH is 2. The van der Waals surface area contributed by atoms with E-state index < -0.39 is 6.10 Å². The topological polar surface area (TPSA) is 80.9 Å². The van der Waals surface area contributed by atoms with E-state index in [1.807, 2.05) is 19.9 Å². The number of hydrogen-bond acceptors (Lipinski definition) is 4. The Hall–Kier alpha value is -1.78. The molecule has 0 spiro atoms. The van der Waals surface area contributed by atoms with Crippen molar-refractivity contribution in [1.29, 1.82) is 0 Å². The molecule has 25 heavy (non-hydrogen) atoms. The first-order valence-electron chi connectivity index (χ1n) is 8.95. The van der Waals surface area contributed by atoms with Crippen molar-refractivity contribution in [3.8, 4) is 11.5 Å². The Bertz CT molecular complexity index is 637. The summed E-state index contributed by atoms with van der Waals surface area (Å²) in [5.74, 6) is -0.0866. The molecule has 4 atom stereocenters. The third kappa shape index (κ3) is 4.65. The summed E-state index contributed by atoms with van der Waals surface area (Å²) >= 11 is 0. The van der Waals surface area contributed by atoms with Gasteiger partial charge >= 0.3 is 0 Å². The Balaban J connectivity index is 2.33. The molecule has 0 saturated heterocycles. The number of aryl methyl sites for hydroxylation is 1. The molecule has 0 bridgehead atoms. The maximum Gasteiger partial charge on any atom is 0.123 e. The van der Waals surface area contributed by atoms with Crippen molar-refractivity contribution < 1.29 is 20.4 Å². The molecule has 0 radical (unpaired) electrons. The Labute approximate surface area is 150 Å². The Kier molecular flexibility index (Phi) is 6.31. The van der Waals surface area contributed by atoms with Gasteiger partial charge in [-0.25, -0.2) is 0 Å². The van der Waals surface area contributed by atoms with Crippen LogP contribution in [0.2, 0.25) is 0 Å². The molecule has 1 aromatic carbocycles. The summed E-state index contributed by atoms with van der Waals surface area (Å²) in [6.07, 6.45) is 3.77. The van der Waals surface area contributed by atoms with Gasteiger partial charge in [-0.15, -0.1) is 0 Å². The first kappa shape index (κ1) is 19.5. The van der Waals surface area contributed by atoms with Crippen LogP contribution < -0.4 is 0 Å². The van der Waals surface area contributed by atoms with Crippen LogP contribution >= 0.6 is 0 Å². The zero-order chi connectivity index (χ0) is 18.7. The van der Waals surface area contributed by atoms with Crippen LogP contribution in [0.15, 0.2) is 35.9 Å². The molecular formula is C21H30O4. The summed E-state index contributed by atoms with van der Waals surface area (Å²) in [5, 5.41) is 40.6. The average molecular weight is 346 g/mol. The van der Waals surface area contributed by atoms with E-state index in [9.17, 15) is 20.4 Å². The third-order valence-electron chi connectivity index (χ3n) is 5.13. The number of phenols is 2. The summed E-state index contributed by atoms with van der Waals surface area (Å²) < 4.78 is 0. The molecule has 1 aromatic rings. The number of aliphatic hydroxyl groups is 2. The predicted octanol–water partition coefficient (Wildman–Crippen LogP) is 3.79. The van der Waals surface area contributed by atoms with Crippen LogP contribution in [0.3, 0.4) is 0 Å². The maximum absolute atomic E-state index is 10.6. The van der Waals surface area contributed by atoms with Gasteiger partial charge in [-0.2, -0.15) is 0 Å². The highest BCUT2D eigenvalue weighted by atomic mass is 16.3. The van der Waals surface area contributed by atoms with Crippen LogP contribution in [0, 0.1) is 5.92 Å². The van der Waals surface area contributed by atoms with Crippen molar-refractivity contribution in [3.05, 3.63) is 47.1 Å². The third-order valence-corrected chi connectivity index (χ3v) is 5.13. The first-order chi connectivity index (χ1) is 11.7. The van der Waals surface area contributed by atoms with E-state index in [0.29, 0.717) is 24.8 Å². The second kappa shape index (κ2) is 8.07. The smallest absolute Gasteiger partial charge is 0.123 e. The number of phenolic OH excluding ortho intramolecular Hbond substituents is 2. The fourth-order valence-electron chi connectivity index (χ4n) is 3.64. The molecule has 1 aliphatic carbocycles. The number of hydrogen-bond donors (Lipinski definition) is 4. The van der Waals surface area contributed by atoms with Gasteiger partial charge in [0.25, 0.3) is 0 Å². The minimum atomic E-state index is -0.512. The van der Waals surface area contributed by atoms with Crippen molar-refractivity contribution in [3.63, 3.8) is 0 Å². The van der Waals surface area contributed by atoms with E-state index in [1.165, 1.54) is 0 Å². The van der Waals surface area contributed by atoms with Crippen molar-refractivity contribution in [2.75, 3.05) is 0 Å². The van der Waals surface area contributed by atoms with E-state index in [2.05, 4.69) is 6.58 Å². The lowest BCUT2D eigenvalue weighted by Gasteiger charge is -2.34. The summed E-state index contributed by atoms with van der Waals surface area (Å²) in [6.45, 7) is 9.55. The van der Waals surface area contributed by atoms with E-state index in [4.69, 9.17) is 0 Å². The van der Waals surface area contributed by atoms with Crippen molar-refractivity contribution in [2.45, 2.75) is 64.6 Å². The molecule has 4 heteroatoms. The van der Waals surface area contributed by atoms with Gasteiger partial charge < -0.3 is 20.4 Å². The highest BCUT2D eigenvalue weighted by molar-refractivity contribution is 5.52. The summed E-state index contributed by atoms with van der Waals surface area (Å²) in [7, 11) is 0. The molecule has 0 saturated carbocycles. The SMILES string of the molecule is C=C(C)[C@@H]1CC(O)C(C)=C[C@@H]1c1c(O)cc(CCCC(C)O)cc1O. The number of rotatable bonds is 6. The van der Waals surface area contributed by atoms with Crippen LogP contribution in [-0.4, -0.2) is 32.6 Å². The minimum Gasteiger partial charge on any atom is -0.507 e. The molecular weight excluding hydrogens is 316 g/mol. The second-order valence-electron chi connectivity index (χ2n) is 7.43. The fourth-order valence-corrected chi connectivity index (χ4v) is 3.64. The van der Waals surface area contributed by atoms with Gasteiger partial charge in [0, 0.05) is 11.5 Å². The summed E-state index contributed by atoms with van der Waals surface area (Å²) in [6, 6.07) is 3.39. The molecule has 0 aliphatic heterocycles. The van der Waals surface area contributed by atoms with Gasteiger partial charge in [-0.1, -0.05) is 18.2 Å². The lowest BCUT2D eigenvalue weighted by Crippen LogP contribution is -2.26. The molecule has 0 heterocycles. The largest absolute Gasteiger partial charge is 0.507 e. The van der Waals surface area contributed by atoms with E-state index in [-0.39, 0.29) is 29.4 Å². The Morgan fingerprint density at radius 2 is 1.88 bits per heavy atom. The Morgan fingerprint density at radius 1 is 1.28 bits per heavy atom. The molecule has 4 nitrogen and oxygen atoms in total. The van der Waals surface area contributed by atoms with Gasteiger partial charge in [-0.05, 0) is 75.6 Å². The predicted molar refractivity (Wildman–Crippen MR) is 99.8 cm³/mol. The molecule has 0 fully saturated rings. The molecule has 0 amide bonds. The van der Waals surface area contributed by atoms with Crippen molar-refractivity contribution in [2.24, 2.45) is 5.92 Å². The number of aromatic hydroxyl groups is 2. The molecule has 0 aromatic heterocycles. The van der Waals surface area contributed by atoms with Gasteiger partial charge in [0.05, 0.1) is 12.2 Å². The average Bonchev–Trinajstić information content (AvgIpc) is 2.49. The second-order valence-corrected chi connectivity index (χ2v) is 7.43.